The number of aliphatic hydroxyl groups is 1. The molecule has 0 saturated heterocycles. The van der Waals surface area contributed by atoms with E-state index in [1.54, 1.807) is 11.8 Å². The summed E-state index contributed by atoms with van der Waals surface area (Å²) < 4.78 is 7.83. The summed E-state index contributed by atoms with van der Waals surface area (Å²) >= 11 is 1.54. The monoisotopic (exact) mass is 333 g/mol. The summed E-state index contributed by atoms with van der Waals surface area (Å²) in [6, 6.07) is 8.56. The van der Waals surface area contributed by atoms with Crippen molar-refractivity contribution in [3.8, 4) is 5.75 Å². The van der Waals surface area contributed by atoms with Gasteiger partial charge >= 0.3 is 0 Å². The Labute approximate surface area is 141 Å². The molecule has 1 N–H and O–H groups in total. The van der Waals surface area contributed by atoms with Crippen LogP contribution in [0.5, 0.6) is 5.75 Å². The van der Waals surface area contributed by atoms with Crippen LogP contribution in [0.15, 0.2) is 29.4 Å². The van der Waals surface area contributed by atoms with Crippen molar-refractivity contribution in [1.29, 1.82) is 0 Å². The van der Waals surface area contributed by atoms with Crippen LogP contribution in [-0.4, -0.2) is 38.3 Å². The Morgan fingerprint density at radius 1 is 1.30 bits per heavy atom. The molecule has 1 aromatic carbocycles. The minimum absolute atomic E-state index is 0.287. The molecule has 1 aliphatic carbocycles. The Balaban J connectivity index is 1.47. The number of aliphatic hydroxyl groups excluding tert-OH is 1. The molecule has 1 atom stereocenters. The standard InChI is InChI=1S/C17H23N3O2S/c1-3-13-4-8-16(9-5-13)22-10-15(21)11-23-17-19-18-12(2)20(17)14-6-7-14/h4-5,8-9,14-15,21H,3,6-7,10-11H2,1-2H3. The number of benzene rings is 1. The highest BCUT2D eigenvalue weighted by molar-refractivity contribution is 7.99. The fraction of sp³-hybridized carbons (Fsp3) is 0.529. The van der Waals surface area contributed by atoms with E-state index in [-0.39, 0.29) is 6.61 Å². The highest BCUT2D eigenvalue weighted by Gasteiger charge is 2.28. The fourth-order valence-electron chi connectivity index (χ4n) is 2.43. The molecular formula is C17H23N3O2S. The lowest BCUT2D eigenvalue weighted by Crippen LogP contribution is -2.20. The van der Waals surface area contributed by atoms with E-state index < -0.39 is 6.10 Å². The summed E-state index contributed by atoms with van der Waals surface area (Å²) in [5, 5.41) is 19.4. The first-order valence-electron chi connectivity index (χ1n) is 8.11. The summed E-state index contributed by atoms with van der Waals surface area (Å²) in [7, 11) is 0. The van der Waals surface area contributed by atoms with Gasteiger partial charge in [-0.2, -0.15) is 0 Å². The van der Waals surface area contributed by atoms with Crippen LogP contribution in [0, 0.1) is 6.92 Å². The third kappa shape index (κ3) is 4.26. The van der Waals surface area contributed by atoms with Gasteiger partial charge in [0, 0.05) is 11.8 Å². The first kappa shape index (κ1) is 16.3. The topological polar surface area (TPSA) is 60.2 Å². The maximum absolute atomic E-state index is 10.1. The van der Waals surface area contributed by atoms with Crippen molar-refractivity contribution >= 4 is 11.8 Å². The molecule has 124 valence electrons. The zero-order valence-corrected chi connectivity index (χ0v) is 14.4. The van der Waals surface area contributed by atoms with E-state index in [0.717, 1.165) is 23.2 Å². The van der Waals surface area contributed by atoms with Gasteiger partial charge < -0.3 is 14.4 Å². The average Bonchev–Trinajstić information content (AvgIpc) is 3.34. The zero-order chi connectivity index (χ0) is 16.2. The second-order valence-corrected chi connectivity index (χ2v) is 6.89. The number of nitrogens with zero attached hydrogens (tertiary/aromatic N) is 3. The normalized spacial score (nSPS) is 15.6. The number of ether oxygens (including phenoxy) is 1. The SMILES string of the molecule is CCc1ccc(OCC(O)CSc2nnc(C)n2C2CC2)cc1. The second-order valence-electron chi connectivity index (χ2n) is 5.90. The Bertz CT molecular complexity index is 638. The Morgan fingerprint density at radius 2 is 2.04 bits per heavy atom. The van der Waals surface area contributed by atoms with Crippen molar-refractivity contribution in [3.63, 3.8) is 0 Å². The summed E-state index contributed by atoms with van der Waals surface area (Å²) in [4.78, 5) is 0. The van der Waals surface area contributed by atoms with Gasteiger partial charge in [-0.1, -0.05) is 30.8 Å². The van der Waals surface area contributed by atoms with Gasteiger partial charge in [-0.25, -0.2) is 0 Å². The first-order valence-corrected chi connectivity index (χ1v) is 9.10. The fourth-order valence-corrected chi connectivity index (χ4v) is 3.39. The van der Waals surface area contributed by atoms with Gasteiger partial charge in [0.05, 0.1) is 6.10 Å². The molecule has 0 radical (unpaired) electrons. The van der Waals surface area contributed by atoms with Gasteiger partial charge in [0.1, 0.15) is 18.2 Å². The number of hydrogen-bond acceptors (Lipinski definition) is 5. The Hall–Kier alpha value is -1.53. The minimum atomic E-state index is -0.532. The molecule has 3 rings (SSSR count). The lowest BCUT2D eigenvalue weighted by Gasteiger charge is -2.13. The summed E-state index contributed by atoms with van der Waals surface area (Å²) in [6.45, 7) is 4.39. The molecule has 0 spiro atoms. The predicted molar refractivity (Wildman–Crippen MR) is 91.1 cm³/mol. The molecule has 2 aromatic rings. The number of aryl methyl sites for hydroxylation is 2. The van der Waals surface area contributed by atoms with E-state index in [9.17, 15) is 5.11 Å². The molecular weight excluding hydrogens is 310 g/mol. The maximum atomic E-state index is 10.1. The molecule has 1 unspecified atom stereocenters. The van der Waals surface area contributed by atoms with E-state index >= 15 is 0 Å². The van der Waals surface area contributed by atoms with Crippen LogP contribution in [0.25, 0.3) is 0 Å². The molecule has 1 fully saturated rings. The zero-order valence-electron chi connectivity index (χ0n) is 13.6. The van der Waals surface area contributed by atoms with Crippen LogP contribution in [0.3, 0.4) is 0 Å². The lowest BCUT2D eigenvalue weighted by atomic mass is 10.2. The number of rotatable bonds is 8. The molecule has 0 aliphatic heterocycles. The molecule has 6 heteroatoms. The molecule has 0 bridgehead atoms. The Kier molecular flexibility index (Phi) is 5.23. The molecule has 1 saturated carbocycles. The second kappa shape index (κ2) is 7.36. The van der Waals surface area contributed by atoms with E-state index in [0.29, 0.717) is 11.8 Å². The van der Waals surface area contributed by atoms with Crippen LogP contribution in [0.4, 0.5) is 0 Å². The summed E-state index contributed by atoms with van der Waals surface area (Å²) in [6.07, 6.45) is 2.88. The van der Waals surface area contributed by atoms with Crippen molar-refractivity contribution in [2.24, 2.45) is 0 Å². The smallest absolute Gasteiger partial charge is 0.191 e. The van der Waals surface area contributed by atoms with Gasteiger partial charge in [0.15, 0.2) is 5.16 Å². The minimum Gasteiger partial charge on any atom is -0.491 e. The quantitative estimate of drug-likeness (QED) is 0.753. The highest BCUT2D eigenvalue weighted by atomic mass is 32.2. The lowest BCUT2D eigenvalue weighted by molar-refractivity contribution is 0.126. The predicted octanol–water partition coefficient (Wildman–Crippen LogP) is 3.02. The maximum Gasteiger partial charge on any atom is 0.191 e. The van der Waals surface area contributed by atoms with Crippen molar-refractivity contribution in [2.75, 3.05) is 12.4 Å². The van der Waals surface area contributed by atoms with Crippen LogP contribution >= 0.6 is 11.8 Å². The average molecular weight is 333 g/mol. The van der Waals surface area contributed by atoms with E-state index in [2.05, 4.69) is 33.8 Å². The van der Waals surface area contributed by atoms with Crippen LogP contribution < -0.4 is 4.74 Å². The number of aromatic nitrogens is 3. The highest BCUT2D eigenvalue weighted by Crippen LogP contribution is 2.38. The third-order valence-electron chi connectivity index (χ3n) is 3.93. The van der Waals surface area contributed by atoms with Crippen molar-refractivity contribution in [2.45, 2.75) is 50.4 Å². The van der Waals surface area contributed by atoms with Gasteiger partial charge in [0.25, 0.3) is 0 Å². The van der Waals surface area contributed by atoms with Gasteiger partial charge in [-0.3, -0.25) is 0 Å². The Morgan fingerprint density at radius 3 is 2.70 bits per heavy atom. The third-order valence-corrected chi connectivity index (χ3v) is 5.01. The van der Waals surface area contributed by atoms with Crippen molar-refractivity contribution in [1.82, 2.24) is 14.8 Å². The van der Waals surface area contributed by atoms with E-state index in [1.807, 2.05) is 19.1 Å². The van der Waals surface area contributed by atoms with Crippen LogP contribution in [0.2, 0.25) is 0 Å². The van der Waals surface area contributed by atoms with Gasteiger partial charge in [-0.05, 0) is 43.9 Å². The largest absolute Gasteiger partial charge is 0.491 e. The van der Waals surface area contributed by atoms with Crippen LogP contribution in [0.1, 0.15) is 37.2 Å². The van der Waals surface area contributed by atoms with Gasteiger partial charge in [-0.15, -0.1) is 10.2 Å². The van der Waals surface area contributed by atoms with Crippen molar-refractivity contribution in [3.05, 3.63) is 35.7 Å². The molecule has 5 nitrogen and oxygen atoms in total. The van der Waals surface area contributed by atoms with Gasteiger partial charge in [0.2, 0.25) is 0 Å². The number of hydrogen-bond donors (Lipinski definition) is 1. The summed E-state index contributed by atoms with van der Waals surface area (Å²) in [5.41, 5.74) is 1.28. The van der Waals surface area contributed by atoms with E-state index in [4.69, 9.17) is 4.74 Å². The number of thioether (sulfide) groups is 1. The molecule has 23 heavy (non-hydrogen) atoms. The molecule has 1 heterocycles. The van der Waals surface area contributed by atoms with Crippen LogP contribution in [-0.2, 0) is 6.42 Å². The molecule has 1 aliphatic rings. The summed E-state index contributed by atoms with van der Waals surface area (Å²) in [5.74, 6) is 2.30. The molecule has 0 amide bonds. The van der Waals surface area contributed by atoms with E-state index in [1.165, 1.54) is 18.4 Å². The molecule has 1 aromatic heterocycles. The first-order chi connectivity index (χ1) is 11.2. The van der Waals surface area contributed by atoms with Crippen molar-refractivity contribution < 1.29 is 9.84 Å².